The molecule has 116 valence electrons. The van der Waals surface area contributed by atoms with Crippen molar-refractivity contribution in [2.75, 3.05) is 18.5 Å². The molecule has 4 rings (SSSR count). The molecule has 0 atom stereocenters. The zero-order chi connectivity index (χ0) is 15.8. The highest BCUT2D eigenvalue weighted by Crippen LogP contribution is 2.34. The lowest BCUT2D eigenvalue weighted by molar-refractivity contribution is 0.171. The summed E-state index contributed by atoms with van der Waals surface area (Å²) in [6.45, 7) is 5.12. The maximum Gasteiger partial charge on any atom is 0.163 e. The Balaban J connectivity index is 1.75. The Kier molecular flexibility index (Phi) is 3.26. The summed E-state index contributed by atoms with van der Waals surface area (Å²) in [6.07, 6.45) is 0. The van der Waals surface area contributed by atoms with Crippen molar-refractivity contribution >= 4 is 22.4 Å². The summed E-state index contributed by atoms with van der Waals surface area (Å²) >= 11 is 0. The van der Waals surface area contributed by atoms with Gasteiger partial charge in [0.15, 0.2) is 17.1 Å². The highest BCUT2D eigenvalue weighted by Gasteiger charge is 2.12. The second-order valence-electron chi connectivity index (χ2n) is 5.62. The minimum atomic E-state index is 0.580. The first-order chi connectivity index (χ1) is 11.2. The first-order valence-electron chi connectivity index (χ1n) is 7.61. The molecule has 1 aliphatic rings. The zero-order valence-electron chi connectivity index (χ0n) is 13.1. The average molecular weight is 307 g/mol. The van der Waals surface area contributed by atoms with Gasteiger partial charge in [-0.3, -0.25) is 0 Å². The van der Waals surface area contributed by atoms with Crippen molar-refractivity contribution in [1.82, 2.24) is 9.97 Å². The zero-order valence-corrected chi connectivity index (χ0v) is 13.1. The maximum absolute atomic E-state index is 5.64. The van der Waals surface area contributed by atoms with Crippen molar-refractivity contribution in [2.24, 2.45) is 0 Å². The molecule has 5 nitrogen and oxygen atoms in total. The molecule has 0 saturated carbocycles. The van der Waals surface area contributed by atoms with Gasteiger partial charge in [0.05, 0.1) is 5.69 Å². The molecule has 0 fully saturated rings. The van der Waals surface area contributed by atoms with Crippen molar-refractivity contribution in [3.63, 3.8) is 0 Å². The molecule has 0 amide bonds. The van der Waals surface area contributed by atoms with Crippen molar-refractivity contribution < 1.29 is 9.47 Å². The molecule has 2 aromatic heterocycles. The van der Waals surface area contributed by atoms with E-state index >= 15 is 0 Å². The van der Waals surface area contributed by atoms with Crippen LogP contribution >= 0.6 is 0 Å². The minimum Gasteiger partial charge on any atom is -0.486 e. The van der Waals surface area contributed by atoms with Gasteiger partial charge in [-0.15, -0.1) is 0 Å². The molecule has 0 unspecified atom stereocenters. The molecule has 1 aliphatic heterocycles. The van der Waals surface area contributed by atoms with E-state index in [4.69, 9.17) is 9.47 Å². The number of aryl methyl sites for hydroxylation is 2. The number of rotatable bonds is 2. The third kappa shape index (κ3) is 2.65. The summed E-state index contributed by atoms with van der Waals surface area (Å²) in [6, 6.07) is 11.9. The predicted molar refractivity (Wildman–Crippen MR) is 89.7 cm³/mol. The average Bonchev–Trinajstić information content (AvgIpc) is 2.54. The second-order valence-corrected chi connectivity index (χ2v) is 5.62. The third-order valence-electron chi connectivity index (χ3n) is 3.76. The van der Waals surface area contributed by atoms with Gasteiger partial charge in [-0.25, -0.2) is 9.97 Å². The second kappa shape index (κ2) is 5.43. The number of pyridine rings is 2. The van der Waals surface area contributed by atoms with Crippen LogP contribution in [-0.4, -0.2) is 23.2 Å². The first kappa shape index (κ1) is 13.8. The number of hydrogen-bond acceptors (Lipinski definition) is 5. The quantitative estimate of drug-likeness (QED) is 0.781. The smallest absolute Gasteiger partial charge is 0.163 e. The van der Waals surface area contributed by atoms with Gasteiger partial charge in [-0.2, -0.15) is 0 Å². The van der Waals surface area contributed by atoms with Crippen molar-refractivity contribution in [3.05, 3.63) is 47.8 Å². The van der Waals surface area contributed by atoms with Crippen LogP contribution in [0.15, 0.2) is 36.4 Å². The Morgan fingerprint density at radius 2 is 1.65 bits per heavy atom. The summed E-state index contributed by atoms with van der Waals surface area (Å²) in [5, 5.41) is 4.44. The molecule has 3 heterocycles. The molecule has 3 aromatic rings. The van der Waals surface area contributed by atoms with Crippen LogP contribution in [0.3, 0.4) is 0 Å². The standard InChI is InChI=1S/C18H17N3O2/c1-11-3-5-14-15(9-12(2)20-18(14)19-11)21-13-4-6-16-17(10-13)23-8-7-22-16/h3-6,9-10H,7-8H2,1-2H3,(H,19,20,21). The van der Waals surface area contributed by atoms with E-state index < -0.39 is 0 Å². The van der Waals surface area contributed by atoms with E-state index in [-0.39, 0.29) is 0 Å². The van der Waals surface area contributed by atoms with Crippen molar-refractivity contribution in [1.29, 1.82) is 0 Å². The fourth-order valence-corrected chi connectivity index (χ4v) is 2.70. The van der Waals surface area contributed by atoms with E-state index in [0.717, 1.165) is 45.3 Å². The van der Waals surface area contributed by atoms with E-state index in [1.807, 2.05) is 50.2 Å². The van der Waals surface area contributed by atoms with Crippen LogP contribution in [0.25, 0.3) is 11.0 Å². The monoisotopic (exact) mass is 307 g/mol. The number of ether oxygens (including phenoxy) is 2. The number of hydrogen-bond donors (Lipinski definition) is 1. The SMILES string of the molecule is Cc1ccc2c(Nc3ccc4c(c3)OCCO4)cc(C)nc2n1. The summed E-state index contributed by atoms with van der Waals surface area (Å²) in [5.74, 6) is 1.56. The van der Waals surface area contributed by atoms with E-state index in [2.05, 4.69) is 15.3 Å². The molecule has 23 heavy (non-hydrogen) atoms. The molecule has 0 bridgehead atoms. The fourth-order valence-electron chi connectivity index (χ4n) is 2.70. The first-order valence-corrected chi connectivity index (χ1v) is 7.61. The van der Waals surface area contributed by atoms with Gasteiger partial charge in [-0.1, -0.05) is 0 Å². The van der Waals surface area contributed by atoms with Gasteiger partial charge in [0.25, 0.3) is 0 Å². The number of nitrogens with one attached hydrogen (secondary N) is 1. The summed E-state index contributed by atoms with van der Waals surface area (Å²) < 4.78 is 11.2. The van der Waals surface area contributed by atoms with E-state index in [1.165, 1.54) is 0 Å². The molecular weight excluding hydrogens is 290 g/mol. The van der Waals surface area contributed by atoms with Gasteiger partial charge < -0.3 is 14.8 Å². The lowest BCUT2D eigenvalue weighted by atomic mass is 10.2. The Morgan fingerprint density at radius 1 is 0.870 bits per heavy atom. The number of anilines is 2. The van der Waals surface area contributed by atoms with Crippen LogP contribution in [0.1, 0.15) is 11.4 Å². The topological polar surface area (TPSA) is 56.3 Å². The van der Waals surface area contributed by atoms with E-state index in [1.54, 1.807) is 0 Å². The Bertz CT molecular complexity index is 888. The summed E-state index contributed by atoms with van der Waals surface area (Å²) in [5.41, 5.74) is 4.57. The van der Waals surface area contributed by atoms with E-state index in [0.29, 0.717) is 13.2 Å². The van der Waals surface area contributed by atoms with Crippen LogP contribution in [0.4, 0.5) is 11.4 Å². The minimum absolute atomic E-state index is 0.580. The van der Waals surface area contributed by atoms with Gasteiger partial charge in [0.2, 0.25) is 0 Å². The highest BCUT2D eigenvalue weighted by atomic mass is 16.6. The fraction of sp³-hybridized carbons (Fsp3) is 0.222. The third-order valence-corrected chi connectivity index (χ3v) is 3.76. The van der Waals surface area contributed by atoms with Gasteiger partial charge in [0, 0.05) is 28.5 Å². The number of aromatic nitrogens is 2. The maximum atomic E-state index is 5.64. The van der Waals surface area contributed by atoms with Gasteiger partial charge in [-0.05, 0) is 44.2 Å². The van der Waals surface area contributed by atoms with Gasteiger partial charge >= 0.3 is 0 Å². The van der Waals surface area contributed by atoms with Crippen LogP contribution in [-0.2, 0) is 0 Å². The number of nitrogens with zero attached hydrogens (tertiary/aromatic N) is 2. The molecule has 5 heteroatoms. The molecule has 1 N–H and O–H groups in total. The van der Waals surface area contributed by atoms with Gasteiger partial charge in [0.1, 0.15) is 13.2 Å². The van der Waals surface area contributed by atoms with Crippen LogP contribution in [0, 0.1) is 13.8 Å². The highest BCUT2D eigenvalue weighted by molar-refractivity contribution is 5.91. The Morgan fingerprint density at radius 3 is 2.52 bits per heavy atom. The van der Waals surface area contributed by atoms with Crippen molar-refractivity contribution in [3.8, 4) is 11.5 Å². The van der Waals surface area contributed by atoms with Crippen LogP contribution in [0.2, 0.25) is 0 Å². The molecular formula is C18H17N3O2. The van der Waals surface area contributed by atoms with Crippen LogP contribution < -0.4 is 14.8 Å². The van der Waals surface area contributed by atoms with Crippen molar-refractivity contribution in [2.45, 2.75) is 13.8 Å². The summed E-state index contributed by atoms with van der Waals surface area (Å²) in [7, 11) is 0. The van der Waals surface area contributed by atoms with Crippen LogP contribution in [0.5, 0.6) is 11.5 Å². The lowest BCUT2D eigenvalue weighted by Gasteiger charge is -2.19. The summed E-state index contributed by atoms with van der Waals surface area (Å²) in [4.78, 5) is 9.03. The molecule has 0 saturated heterocycles. The lowest BCUT2D eigenvalue weighted by Crippen LogP contribution is -2.15. The molecule has 0 spiro atoms. The Hall–Kier alpha value is -2.82. The molecule has 0 radical (unpaired) electrons. The normalized spacial score (nSPS) is 13.1. The van der Waals surface area contributed by atoms with E-state index in [9.17, 15) is 0 Å². The molecule has 0 aliphatic carbocycles. The molecule has 1 aromatic carbocycles. The predicted octanol–water partition coefficient (Wildman–Crippen LogP) is 3.76. The number of benzene rings is 1. The largest absolute Gasteiger partial charge is 0.486 e. The Labute approximate surface area is 134 Å². The number of fused-ring (bicyclic) bond motifs is 2.